The minimum atomic E-state index is -0.912. The van der Waals surface area contributed by atoms with Gasteiger partial charge in [0.1, 0.15) is 0 Å². The molecule has 3 N–H and O–H groups in total. The zero-order valence-corrected chi connectivity index (χ0v) is 16.9. The molecule has 0 aliphatic heterocycles. The summed E-state index contributed by atoms with van der Waals surface area (Å²) in [5.74, 6) is 0.0416. The maximum absolute atomic E-state index is 11.5. The first kappa shape index (κ1) is 20.1. The van der Waals surface area contributed by atoms with Crippen LogP contribution in [0.2, 0.25) is 0 Å². The molecule has 1 fully saturated rings. The van der Waals surface area contributed by atoms with E-state index in [-0.39, 0.29) is 17.5 Å². The summed E-state index contributed by atoms with van der Waals surface area (Å²) < 4.78 is 0. The number of nitrogens with one attached hydrogen (secondary N) is 1. The van der Waals surface area contributed by atoms with Gasteiger partial charge in [0.25, 0.3) is 0 Å². The van der Waals surface area contributed by atoms with Crippen LogP contribution >= 0.6 is 0 Å². The molecule has 2 aromatic carbocycles. The van der Waals surface area contributed by atoms with Crippen LogP contribution in [0, 0.1) is 5.92 Å². The van der Waals surface area contributed by atoms with Crippen LogP contribution in [0.4, 0.5) is 0 Å². The number of aliphatic hydroxyl groups is 2. The topological polar surface area (TPSA) is 52.5 Å². The van der Waals surface area contributed by atoms with Crippen molar-refractivity contribution >= 4 is 0 Å². The maximum Gasteiger partial charge on any atom is 0.0923 e. The second kappa shape index (κ2) is 7.75. The van der Waals surface area contributed by atoms with E-state index < -0.39 is 11.7 Å². The van der Waals surface area contributed by atoms with Crippen molar-refractivity contribution in [2.24, 2.45) is 5.92 Å². The lowest BCUT2D eigenvalue weighted by molar-refractivity contribution is -0.0301. The number of aliphatic hydroxyl groups excluding tert-OH is 1. The SMILES string of the molecule is CCC(O)(c1ccc(-c2ccccc2)cc1)C1CC(O)C(NC(C)(C)C)C1. The van der Waals surface area contributed by atoms with E-state index in [0.29, 0.717) is 12.8 Å². The van der Waals surface area contributed by atoms with Crippen LogP contribution in [-0.2, 0) is 5.60 Å². The highest BCUT2D eigenvalue weighted by Crippen LogP contribution is 2.43. The van der Waals surface area contributed by atoms with Gasteiger partial charge in [-0.05, 0) is 62.6 Å². The van der Waals surface area contributed by atoms with Crippen LogP contribution in [0.3, 0.4) is 0 Å². The summed E-state index contributed by atoms with van der Waals surface area (Å²) in [4.78, 5) is 0. The van der Waals surface area contributed by atoms with Gasteiger partial charge in [0, 0.05) is 11.6 Å². The number of hydrogen-bond acceptors (Lipinski definition) is 3. The molecule has 2 aromatic rings. The van der Waals surface area contributed by atoms with Gasteiger partial charge >= 0.3 is 0 Å². The third-order valence-corrected chi connectivity index (χ3v) is 5.85. The van der Waals surface area contributed by atoms with Crippen molar-refractivity contribution in [1.82, 2.24) is 5.32 Å². The predicted octanol–water partition coefficient (Wildman–Crippen LogP) is 4.48. The third kappa shape index (κ3) is 4.43. The van der Waals surface area contributed by atoms with Gasteiger partial charge in [-0.2, -0.15) is 0 Å². The second-order valence-corrected chi connectivity index (χ2v) is 8.96. The van der Waals surface area contributed by atoms with E-state index in [2.05, 4.69) is 50.4 Å². The Kier molecular flexibility index (Phi) is 5.76. The second-order valence-electron chi connectivity index (χ2n) is 8.96. The molecule has 3 rings (SSSR count). The Morgan fingerprint density at radius 3 is 2.07 bits per heavy atom. The molecule has 0 radical (unpaired) electrons. The Morgan fingerprint density at radius 1 is 0.926 bits per heavy atom. The van der Waals surface area contributed by atoms with Crippen LogP contribution in [0.25, 0.3) is 11.1 Å². The summed E-state index contributed by atoms with van der Waals surface area (Å²) in [6.45, 7) is 8.37. The molecule has 3 heteroatoms. The van der Waals surface area contributed by atoms with Crippen LogP contribution in [0.1, 0.15) is 52.5 Å². The van der Waals surface area contributed by atoms with Crippen LogP contribution < -0.4 is 5.32 Å². The van der Waals surface area contributed by atoms with E-state index >= 15 is 0 Å². The van der Waals surface area contributed by atoms with Gasteiger partial charge in [-0.1, -0.05) is 61.5 Å². The monoisotopic (exact) mass is 367 g/mol. The lowest BCUT2D eigenvalue weighted by Crippen LogP contribution is -2.47. The van der Waals surface area contributed by atoms with E-state index in [0.717, 1.165) is 17.5 Å². The summed E-state index contributed by atoms with van der Waals surface area (Å²) >= 11 is 0. The Hall–Kier alpha value is -1.68. The van der Waals surface area contributed by atoms with Crippen molar-refractivity contribution in [3.05, 3.63) is 60.2 Å². The van der Waals surface area contributed by atoms with Gasteiger partial charge in [-0.25, -0.2) is 0 Å². The predicted molar refractivity (Wildman–Crippen MR) is 111 cm³/mol. The molecule has 0 aromatic heterocycles. The Morgan fingerprint density at radius 2 is 1.52 bits per heavy atom. The van der Waals surface area contributed by atoms with E-state index in [1.165, 1.54) is 5.56 Å². The van der Waals surface area contributed by atoms with Gasteiger partial charge < -0.3 is 15.5 Å². The molecule has 27 heavy (non-hydrogen) atoms. The number of rotatable bonds is 5. The van der Waals surface area contributed by atoms with Gasteiger partial charge in [0.2, 0.25) is 0 Å². The lowest BCUT2D eigenvalue weighted by Gasteiger charge is -2.34. The summed E-state index contributed by atoms with van der Waals surface area (Å²) in [6.07, 6.45) is 1.62. The molecule has 4 unspecified atom stereocenters. The summed E-state index contributed by atoms with van der Waals surface area (Å²) in [7, 11) is 0. The molecule has 1 aliphatic rings. The van der Waals surface area contributed by atoms with Crippen LogP contribution in [0.5, 0.6) is 0 Å². The zero-order chi connectivity index (χ0) is 19.7. The van der Waals surface area contributed by atoms with Crippen LogP contribution in [-0.4, -0.2) is 27.9 Å². The molecule has 0 heterocycles. The molecule has 146 valence electrons. The fourth-order valence-corrected chi connectivity index (χ4v) is 4.43. The number of hydrogen-bond donors (Lipinski definition) is 3. The first-order chi connectivity index (χ1) is 12.7. The highest BCUT2D eigenvalue weighted by molar-refractivity contribution is 5.63. The molecule has 1 saturated carbocycles. The Balaban J connectivity index is 1.81. The number of benzene rings is 2. The van der Waals surface area contributed by atoms with Gasteiger partial charge in [0.15, 0.2) is 0 Å². The van der Waals surface area contributed by atoms with Gasteiger partial charge in [-0.15, -0.1) is 0 Å². The van der Waals surface area contributed by atoms with Gasteiger partial charge in [-0.3, -0.25) is 0 Å². The first-order valence-corrected chi connectivity index (χ1v) is 10.1. The molecular formula is C24H33NO2. The molecule has 0 amide bonds. The van der Waals surface area contributed by atoms with Crippen molar-refractivity contribution in [2.45, 2.75) is 70.2 Å². The molecular weight excluding hydrogens is 334 g/mol. The van der Waals surface area contributed by atoms with E-state index in [1.807, 2.05) is 37.3 Å². The highest BCUT2D eigenvalue weighted by atomic mass is 16.3. The summed E-state index contributed by atoms with van der Waals surface area (Å²) in [6, 6.07) is 18.6. The normalized spacial score (nSPS) is 25.3. The minimum absolute atomic E-state index is 0.0247. The molecule has 0 spiro atoms. The van der Waals surface area contributed by atoms with Crippen molar-refractivity contribution in [1.29, 1.82) is 0 Å². The first-order valence-electron chi connectivity index (χ1n) is 10.1. The minimum Gasteiger partial charge on any atom is -0.391 e. The maximum atomic E-state index is 11.5. The zero-order valence-electron chi connectivity index (χ0n) is 16.9. The fraction of sp³-hybridized carbons (Fsp3) is 0.500. The van der Waals surface area contributed by atoms with E-state index in [1.54, 1.807) is 0 Å². The average Bonchev–Trinajstić information content (AvgIpc) is 3.01. The smallest absolute Gasteiger partial charge is 0.0923 e. The quantitative estimate of drug-likeness (QED) is 0.730. The molecule has 0 saturated heterocycles. The van der Waals surface area contributed by atoms with Crippen molar-refractivity contribution in [3.8, 4) is 11.1 Å². The summed E-state index contributed by atoms with van der Waals surface area (Å²) in [5, 5.41) is 25.6. The largest absolute Gasteiger partial charge is 0.391 e. The molecule has 0 bridgehead atoms. The average molecular weight is 368 g/mol. The molecule has 1 aliphatic carbocycles. The highest BCUT2D eigenvalue weighted by Gasteiger charge is 2.45. The van der Waals surface area contributed by atoms with Crippen molar-refractivity contribution in [3.63, 3.8) is 0 Å². The van der Waals surface area contributed by atoms with E-state index in [4.69, 9.17) is 0 Å². The summed E-state index contributed by atoms with van der Waals surface area (Å²) in [5.41, 5.74) is 2.30. The molecule has 3 nitrogen and oxygen atoms in total. The Bertz CT molecular complexity index is 735. The van der Waals surface area contributed by atoms with E-state index in [9.17, 15) is 10.2 Å². The lowest BCUT2D eigenvalue weighted by atomic mass is 9.77. The molecule has 4 atom stereocenters. The third-order valence-electron chi connectivity index (χ3n) is 5.85. The van der Waals surface area contributed by atoms with Gasteiger partial charge in [0.05, 0.1) is 11.7 Å². The van der Waals surface area contributed by atoms with Crippen molar-refractivity contribution in [2.75, 3.05) is 0 Å². The van der Waals surface area contributed by atoms with Crippen LogP contribution in [0.15, 0.2) is 54.6 Å². The standard InChI is InChI=1S/C24H33NO2/c1-5-24(27,20-15-21(22(26)16-20)25-23(2,3)4)19-13-11-18(12-14-19)17-9-7-6-8-10-17/h6-14,20-22,25-27H,5,15-16H2,1-4H3. The Labute approximate surface area is 163 Å². The van der Waals surface area contributed by atoms with Crippen molar-refractivity contribution < 1.29 is 10.2 Å². The fourth-order valence-electron chi connectivity index (χ4n) is 4.43.